The van der Waals surface area contributed by atoms with Gasteiger partial charge in [0.1, 0.15) is 5.69 Å². The van der Waals surface area contributed by atoms with Crippen molar-refractivity contribution in [3.63, 3.8) is 0 Å². The van der Waals surface area contributed by atoms with Crippen LogP contribution in [-0.4, -0.2) is 38.3 Å². The molecule has 0 saturated carbocycles. The number of halogens is 5. The van der Waals surface area contributed by atoms with Crippen LogP contribution in [-0.2, 0) is 38.9 Å². The zero-order valence-electron chi connectivity index (χ0n) is 19.7. The Hall–Kier alpha value is -2.09. The van der Waals surface area contributed by atoms with Gasteiger partial charge >= 0.3 is 6.18 Å². The van der Waals surface area contributed by atoms with Crippen LogP contribution in [0.2, 0.25) is 10.0 Å². The van der Waals surface area contributed by atoms with E-state index in [2.05, 4.69) is 27.7 Å². The number of hydrogen-bond donors (Lipinski definition) is 3. The minimum Gasteiger partial charge on any atom is -0.590 e. The number of aliphatic hydroxyl groups excluding tert-OH is 1. The van der Waals surface area contributed by atoms with Crippen LogP contribution in [0, 0.1) is 6.92 Å². The van der Waals surface area contributed by atoms with Crippen molar-refractivity contribution < 1.29 is 60.6 Å². The van der Waals surface area contributed by atoms with Crippen molar-refractivity contribution in [1.29, 1.82) is 0 Å². The smallest absolute Gasteiger partial charge is 0.435 e. The molecule has 0 spiro atoms. The standard InChI is InChI=1S/C18H13Cl2F3N6O2.C4H10O.Y/c1-8-5-9(19)6-10(16(30)27-24)14(8)26-17(31)12-7-13(18(21,22)23)28-29(12)15-11(20)3-2-4-25-15;1-2-3-4-5;/h2-7H,1H3,(H4,24,26,27,28,30,31);5H,2-4H2,1H3;/p-1. The molecule has 0 saturated heterocycles. The molecule has 2 aromatic heterocycles. The van der Waals surface area contributed by atoms with Crippen LogP contribution in [0.1, 0.15) is 51.9 Å². The van der Waals surface area contributed by atoms with Crippen molar-refractivity contribution >= 4 is 40.7 Å². The van der Waals surface area contributed by atoms with E-state index in [0.717, 1.165) is 12.8 Å². The summed E-state index contributed by atoms with van der Waals surface area (Å²) in [5.74, 6) is 2.95. The summed E-state index contributed by atoms with van der Waals surface area (Å²) in [5, 5.41) is 14.0. The number of aryl methyl sites for hydroxylation is 1. The fraction of sp³-hybridized carbons (Fsp3) is 0.273. The first-order valence-electron chi connectivity index (χ1n) is 10.4. The zero-order valence-corrected chi connectivity index (χ0v) is 24.0. The fourth-order valence-corrected chi connectivity index (χ4v) is 3.33. The first-order chi connectivity index (χ1) is 16.9. The van der Waals surface area contributed by atoms with Gasteiger partial charge in [0.15, 0.2) is 11.5 Å². The predicted molar refractivity (Wildman–Crippen MR) is 129 cm³/mol. The number of rotatable bonds is 6. The molecule has 0 atom stereocenters. The molecule has 15 heteroatoms. The number of pyridine rings is 1. The number of aromatic nitrogens is 3. The van der Waals surface area contributed by atoms with Gasteiger partial charge in [-0.05, 0) is 43.2 Å². The van der Waals surface area contributed by atoms with Crippen molar-refractivity contribution in [1.82, 2.24) is 14.8 Å². The number of nitrogens with one attached hydrogen (secondary N) is 1. The monoisotopic (exact) mass is 634 g/mol. The number of alkyl halides is 3. The molecule has 3 aromatic rings. The summed E-state index contributed by atoms with van der Waals surface area (Å²) in [7, 11) is 0. The summed E-state index contributed by atoms with van der Waals surface area (Å²) in [5.41, 5.74) is 1.38. The minimum absolute atomic E-state index is 0. The number of nitrogens with two attached hydrogens (primary N) is 1. The molecule has 4 N–H and O–H groups in total. The summed E-state index contributed by atoms with van der Waals surface area (Å²) in [4.78, 5) is 28.9. The topological polar surface area (TPSA) is 137 Å². The van der Waals surface area contributed by atoms with Gasteiger partial charge in [0.05, 0.1) is 16.6 Å². The molecule has 2 heterocycles. The molecule has 3 rings (SSSR count). The van der Waals surface area contributed by atoms with Crippen molar-refractivity contribution in [2.75, 3.05) is 11.9 Å². The van der Waals surface area contributed by atoms with Crippen molar-refractivity contribution in [3.8, 4) is 5.82 Å². The van der Waals surface area contributed by atoms with Gasteiger partial charge in [0, 0.05) is 62.2 Å². The maximum Gasteiger partial charge on any atom is 0.435 e. The number of unbranched alkanes of at least 4 members (excludes halogenated alkanes) is 1. The number of anilines is 1. The molecule has 9 nitrogen and oxygen atoms in total. The SMILES string of the molecule is CCCCO.Cc1cc(Cl)cc(C(=O)[N-]N)c1NC(=O)c1cc(C(F)(F)F)nn1-c1ncccc1Cl.[Y]. The quantitative estimate of drug-likeness (QED) is 0.191. The van der Waals surface area contributed by atoms with Crippen LogP contribution in [0.3, 0.4) is 0 Å². The Kier molecular flexibility index (Phi) is 13.1. The molecule has 1 aromatic carbocycles. The zero-order chi connectivity index (χ0) is 27.0. The third-order valence-electron chi connectivity index (χ3n) is 4.57. The Bertz CT molecular complexity index is 1240. The molecular formula is C22H22Cl2F3N6O3Y-. The van der Waals surface area contributed by atoms with Crippen molar-refractivity contribution in [2.24, 2.45) is 5.84 Å². The van der Waals surface area contributed by atoms with E-state index in [4.69, 9.17) is 34.2 Å². The number of hydrogen-bond acceptors (Lipinski definition) is 6. The van der Waals surface area contributed by atoms with Gasteiger partial charge in [-0.15, -0.1) is 0 Å². The molecule has 0 unspecified atom stereocenters. The number of aliphatic hydroxyl groups is 1. The van der Waals surface area contributed by atoms with Gasteiger partial charge in [0.25, 0.3) is 5.91 Å². The number of benzene rings is 1. The molecular weight excluding hydrogens is 613 g/mol. The Morgan fingerprint density at radius 1 is 1.24 bits per heavy atom. The molecule has 0 fully saturated rings. The summed E-state index contributed by atoms with van der Waals surface area (Å²) >= 11 is 12.0. The van der Waals surface area contributed by atoms with Crippen LogP contribution in [0.5, 0.6) is 0 Å². The third-order valence-corrected chi connectivity index (χ3v) is 5.08. The molecule has 0 aliphatic carbocycles. The number of nitrogens with zero attached hydrogens (tertiary/aromatic N) is 4. The van der Waals surface area contributed by atoms with Crippen molar-refractivity contribution in [2.45, 2.75) is 32.9 Å². The first-order valence-corrected chi connectivity index (χ1v) is 11.2. The van der Waals surface area contributed by atoms with Gasteiger partial charge in [-0.3, -0.25) is 4.79 Å². The molecule has 0 bridgehead atoms. The normalized spacial score (nSPS) is 10.6. The largest absolute Gasteiger partial charge is 0.590 e. The fourth-order valence-electron chi connectivity index (χ4n) is 2.86. The Labute approximate surface area is 245 Å². The third kappa shape index (κ3) is 8.73. The predicted octanol–water partition coefficient (Wildman–Crippen LogP) is 5.32. The summed E-state index contributed by atoms with van der Waals surface area (Å²) in [6.07, 6.45) is -1.52. The van der Waals surface area contributed by atoms with E-state index in [1.165, 1.54) is 37.4 Å². The van der Waals surface area contributed by atoms with Crippen LogP contribution < -0.4 is 11.2 Å². The number of amides is 2. The van der Waals surface area contributed by atoms with E-state index in [0.29, 0.717) is 22.9 Å². The van der Waals surface area contributed by atoms with Crippen LogP contribution in [0.4, 0.5) is 18.9 Å². The minimum atomic E-state index is -4.84. The molecule has 37 heavy (non-hydrogen) atoms. The van der Waals surface area contributed by atoms with Crippen molar-refractivity contribution in [3.05, 3.63) is 74.5 Å². The van der Waals surface area contributed by atoms with E-state index in [-0.39, 0.29) is 59.8 Å². The summed E-state index contributed by atoms with van der Waals surface area (Å²) < 4.78 is 40.5. The second-order valence-corrected chi connectivity index (χ2v) is 8.09. The van der Waals surface area contributed by atoms with E-state index in [1.807, 2.05) is 0 Å². The van der Waals surface area contributed by atoms with E-state index in [9.17, 15) is 22.8 Å². The molecule has 2 amide bonds. The molecule has 0 aliphatic heterocycles. The number of carbonyl (C=O) groups excluding carboxylic acids is 2. The average molecular weight is 635 g/mol. The Morgan fingerprint density at radius 2 is 1.92 bits per heavy atom. The van der Waals surface area contributed by atoms with Gasteiger partial charge < -0.3 is 26.5 Å². The van der Waals surface area contributed by atoms with Gasteiger partial charge in [0.2, 0.25) is 0 Å². The first kappa shape index (κ1) is 32.9. The van der Waals surface area contributed by atoms with E-state index in [1.54, 1.807) is 0 Å². The van der Waals surface area contributed by atoms with E-state index < -0.39 is 29.4 Å². The molecule has 0 aliphatic rings. The van der Waals surface area contributed by atoms with Gasteiger partial charge in [-0.25, -0.2) is 9.67 Å². The Morgan fingerprint density at radius 3 is 2.43 bits per heavy atom. The maximum atomic E-state index is 13.3. The second-order valence-electron chi connectivity index (χ2n) is 7.24. The maximum absolute atomic E-state index is 13.3. The van der Waals surface area contributed by atoms with E-state index >= 15 is 0 Å². The Balaban J connectivity index is 0.00000104. The van der Waals surface area contributed by atoms with Crippen LogP contribution in [0.15, 0.2) is 36.5 Å². The molecule has 197 valence electrons. The van der Waals surface area contributed by atoms with Gasteiger partial charge in [-0.1, -0.05) is 36.5 Å². The number of carbonyl (C=O) groups is 2. The summed E-state index contributed by atoms with van der Waals surface area (Å²) in [6, 6.07) is 6.05. The average Bonchev–Trinajstić information content (AvgIpc) is 3.27. The molecule has 1 radical (unpaired) electrons. The van der Waals surface area contributed by atoms with Crippen LogP contribution in [0.25, 0.3) is 11.2 Å². The second kappa shape index (κ2) is 14.7. The summed E-state index contributed by atoms with van der Waals surface area (Å²) in [6.45, 7) is 3.93. The van der Waals surface area contributed by atoms with Crippen LogP contribution >= 0.6 is 23.2 Å². The van der Waals surface area contributed by atoms with Gasteiger partial charge in [-0.2, -0.15) is 18.3 Å².